The summed E-state index contributed by atoms with van der Waals surface area (Å²) in [5.41, 5.74) is 0.719. The molecule has 1 saturated heterocycles. The quantitative estimate of drug-likeness (QED) is 0.368. The number of hydrogen-bond acceptors (Lipinski definition) is 8. The Hall–Kier alpha value is -4.92. The molecule has 0 saturated carbocycles. The van der Waals surface area contributed by atoms with Crippen LogP contribution < -0.4 is 15.4 Å². The number of benzene rings is 2. The number of aliphatic hydroxyl groups is 1. The summed E-state index contributed by atoms with van der Waals surface area (Å²) in [6, 6.07) is 6.11. The maximum Gasteiger partial charge on any atom is 0.255 e. The zero-order valence-corrected chi connectivity index (χ0v) is 30.5. The average molecular weight is 738 g/mol. The second-order valence-corrected chi connectivity index (χ2v) is 14.3. The summed E-state index contributed by atoms with van der Waals surface area (Å²) in [5, 5.41) is 24.7. The molecule has 2 bridgehead atoms. The predicted molar refractivity (Wildman–Crippen MR) is 190 cm³/mol. The van der Waals surface area contributed by atoms with Crippen molar-refractivity contribution in [2.75, 3.05) is 20.1 Å². The molecular formula is C38H49F2N7O6. The molecule has 0 radical (unpaired) electrons. The van der Waals surface area contributed by atoms with Crippen molar-refractivity contribution < 1.29 is 37.8 Å². The fraction of sp³-hybridized carbons (Fsp3) is 0.526. The normalized spacial score (nSPS) is 23.0. The van der Waals surface area contributed by atoms with Gasteiger partial charge in [0.05, 0.1) is 17.9 Å². The van der Waals surface area contributed by atoms with Crippen molar-refractivity contribution in [3.63, 3.8) is 0 Å². The van der Waals surface area contributed by atoms with E-state index < -0.39 is 59.5 Å². The van der Waals surface area contributed by atoms with Crippen LogP contribution in [0.1, 0.15) is 80.4 Å². The highest BCUT2D eigenvalue weighted by molar-refractivity contribution is 6.00. The standard InChI is InChI=1S/C38H49F2N7O6/c1-24(2)17-31-37(51)47-22-28(48)20-33(47)38(52)45(3)32(18-25-11-7-8-12-30(25)40)36(50)41-15-9-5-4-6-10-16-46-21-27(43-44-46)23-53-34-19-26(39)13-14-29(34)35(49)42-31/h7-8,11-14,19,21,24,28,31-33,48H,4-6,9-10,15-18,20,22-23H2,1-3H3,(H,41,50)(H,42,49)/t28-,31+,32-,33+/m0/s1. The lowest BCUT2D eigenvalue weighted by Crippen LogP contribution is -2.57. The van der Waals surface area contributed by atoms with Crippen LogP contribution in [0.5, 0.6) is 5.75 Å². The fourth-order valence-corrected chi connectivity index (χ4v) is 6.81. The number of halogens is 2. The molecule has 2 aliphatic heterocycles. The number of nitrogens with one attached hydrogen (secondary N) is 2. The second kappa shape index (κ2) is 18.2. The van der Waals surface area contributed by atoms with E-state index in [0.29, 0.717) is 25.2 Å². The molecule has 0 unspecified atom stereocenters. The summed E-state index contributed by atoms with van der Waals surface area (Å²) < 4.78 is 36.8. The number of rotatable bonds is 4. The van der Waals surface area contributed by atoms with Crippen molar-refractivity contribution in [3.8, 4) is 5.75 Å². The highest BCUT2D eigenvalue weighted by atomic mass is 19.1. The van der Waals surface area contributed by atoms with Gasteiger partial charge in [-0.2, -0.15) is 0 Å². The van der Waals surface area contributed by atoms with Gasteiger partial charge < -0.3 is 30.3 Å². The van der Waals surface area contributed by atoms with E-state index in [-0.39, 0.29) is 55.2 Å². The van der Waals surface area contributed by atoms with Crippen molar-refractivity contribution in [2.45, 2.75) is 103 Å². The molecule has 2 aromatic carbocycles. The number of ether oxygens (including phenoxy) is 1. The number of amides is 4. The molecule has 13 nitrogen and oxygen atoms in total. The van der Waals surface area contributed by atoms with E-state index in [9.17, 15) is 33.1 Å². The maximum absolute atomic E-state index is 14.8. The molecule has 0 aliphatic carbocycles. The smallest absolute Gasteiger partial charge is 0.255 e. The third-order valence-corrected chi connectivity index (χ3v) is 9.66. The lowest BCUT2D eigenvalue weighted by Gasteiger charge is -2.34. The highest BCUT2D eigenvalue weighted by Crippen LogP contribution is 2.26. The fourth-order valence-electron chi connectivity index (χ4n) is 6.81. The summed E-state index contributed by atoms with van der Waals surface area (Å²) in [6.07, 6.45) is 4.87. The van der Waals surface area contributed by atoms with Gasteiger partial charge in [-0.25, -0.2) is 8.78 Å². The third-order valence-electron chi connectivity index (χ3n) is 9.66. The molecule has 1 aromatic heterocycles. The Morgan fingerprint density at radius 1 is 1.00 bits per heavy atom. The molecule has 286 valence electrons. The molecular weight excluding hydrogens is 688 g/mol. The molecule has 15 heteroatoms. The topological polar surface area (TPSA) is 159 Å². The molecule has 4 amide bonds. The van der Waals surface area contributed by atoms with Crippen molar-refractivity contribution in [2.24, 2.45) is 5.92 Å². The predicted octanol–water partition coefficient (Wildman–Crippen LogP) is 3.39. The Kier molecular flexibility index (Phi) is 13.5. The first-order valence-electron chi connectivity index (χ1n) is 18.3. The maximum atomic E-state index is 14.8. The number of aromatic nitrogens is 3. The van der Waals surface area contributed by atoms with Gasteiger partial charge in [-0.3, -0.25) is 23.9 Å². The Morgan fingerprint density at radius 3 is 2.53 bits per heavy atom. The summed E-state index contributed by atoms with van der Waals surface area (Å²) in [6.45, 7) is 4.46. The van der Waals surface area contributed by atoms with Crippen LogP contribution in [0, 0.1) is 17.6 Å². The number of likely N-dealkylation sites (N-methyl/N-ethyl adjacent to an activating group) is 1. The van der Waals surface area contributed by atoms with Crippen molar-refractivity contribution in [1.29, 1.82) is 0 Å². The Balaban J connectivity index is 1.45. The van der Waals surface area contributed by atoms with Gasteiger partial charge in [0.2, 0.25) is 17.7 Å². The van der Waals surface area contributed by atoms with Gasteiger partial charge in [0, 0.05) is 45.6 Å². The van der Waals surface area contributed by atoms with E-state index in [4.69, 9.17) is 4.74 Å². The lowest BCUT2D eigenvalue weighted by atomic mass is 10.0. The van der Waals surface area contributed by atoms with Crippen LogP contribution in [0.4, 0.5) is 8.78 Å². The molecule has 1 fully saturated rings. The number of fused-ring (bicyclic) bond motifs is 4. The van der Waals surface area contributed by atoms with Gasteiger partial charge in [-0.05, 0) is 48.9 Å². The molecule has 3 aromatic rings. The van der Waals surface area contributed by atoms with Crippen molar-refractivity contribution in [3.05, 3.63) is 77.1 Å². The van der Waals surface area contributed by atoms with Gasteiger partial charge in [0.25, 0.3) is 5.91 Å². The van der Waals surface area contributed by atoms with E-state index in [1.54, 1.807) is 29.1 Å². The first kappa shape index (κ1) is 39.3. The van der Waals surface area contributed by atoms with Gasteiger partial charge >= 0.3 is 0 Å². The van der Waals surface area contributed by atoms with E-state index in [2.05, 4.69) is 20.9 Å². The second-order valence-electron chi connectivity index (χ2n) is 14.3. The van der Waals surface area contributed by atoms with E-state index in [0.717, 1.165) is 37.8 Å². The SMILES string of the molecule is CC(C)C[C@H]1NC(=O)c2ccc(F)cc2OCc2cn(nn2)CCCCCCCNC(=O)[C@H](Cc2ccccc2F)N(C)C(=O)[C@H]2C[C@H](O)CN2C1=O. The van der Waals surface area contributed by atoms with Gasteiger partial charge in [-0.1, -0.05) is 56.5 Å². The molecule has 2 aliphatic rings. The van der Waals surface area contributed by atoms with Crippen LogP contribution in [-0.2, 0) is 34.0 Å². The van der Waals surface area contributed by atoms with Crippen LogP contribution >= 0.6 is 0 Å². The van der Waals surface area contributed by atoms with Crippen molar-refractivity contribution >= 4 is 23.6 Å². The third kappa shape index (κ3) is 10.4. The molecule has 53 heavy (non-hydrogen) atoms. The Bertz CT molecular complexity index is 1750. The summed E-state index contributed by atoms with van der Waals surface area (Å²) in [4.78, 5) is 58.4. The van der Waals surface area contributed by atoms with E-state index >= 15 is 0 Å². The largest absolute Gasteiger partial charge is 0.486 e. The van der Waals surface area contributed by atoms with E-state index in [1.807, 2.05) is 13.8 Å². The number of hydrogen-bond donors (Lipinski definition) is 3. The molecule has 3 heterocycles. The summed E-state index contributed by atoms with van der Waals surface area (Å²) in [5.74, 6) is -3.63. The molecule has 3 N–H and O–H groups in total. The minimum atomic E-state index is -1.16. The summed E-state index contributed by atoms with van der Waals surface area (Å²) >= 11 is 0. The van der Waals surface area contributed by atoms with Crippen LogP contribution in [-0.4, -0.2) is 97.9 Å². The minimum absolute atomic E-state index is 0.0123. The van der Waals surface area contributed by atoms with Crippen LogP contribution in [0.2, 0.25) is 0 Å². The first-order valence-corrected chi connectivity index (χ1v) is 18.3. The van der Waals surface area contributed by atoms with E-state index in [1.165, 1.54) is 29.0 Å². The number of aliphatic hydroxyl groups excluding tert-OH is 1. The molecule has 5 rings (SSSR count). The van der Waals surface area contributed by atoms with Crippen LogP contribution in [0.3, 0.4) is 0 Å². The highest BCUT2D eigenvalue weighted by Gasteiger charge is 2.44. The van der Waals surface area contributed by atoms with Gasteiger partial charge in [0.15, 0.2) is 0 Å². The zero-order chi connectivity index (χ0) is 38.1. The number of carbonyl (C=O) groups excluding carboxylic acids is 4. The van der Waals surface area contributed by atoms with Gasteiger partial charge in [0.1, 0.15) is 47.8 Å². The van der Waals surface area contributed by atoms with Gasteiger partial charge in [-0.15, -0.1) is 5.10 Å². The Morgan fingerprint density at radius 2 is 1.75 bits per heavy atom. The minimum Gasteiger partial charge on any atom is -0.486 e. The first-order chi connectivity index (χ1) is 25.4. The number of aryl methyl sites for hydroxylation is 1. The summed E-state index contributed by atoms with van der Waals surface area (Å²) in [7, 11) is 1.44. The average Bonchev–Trinajstić information content (AvgIpc) is 3.75. The van der Waals surface area contributed by atoms with Crippen LogP contribution in [0.25, 0.3) is 0 Å². The Labute approximate surface area is 308 Å². The zero-order valence-electron chi connectivity index (χ0n) is 30.5. The monoisotopic (exact) mass is 737 g/mol. The van der Waals surface area contributed by atoms with Crippen molar-refractivity contribution in [1.82, 2.24) is 35.4 Å². The molecule has 0 spiro atoms. The number of carbonyl (C=O) groups is 4. The van der Waals surface area contributed by atoms with Crippen LogP contribution in [0.15, 0.2) is 48.7 Å². The number of nitrogens with zero attached hydrogens (tertiary/aromatic N) is 5. The lowest BCUT2D eigenvalue weighted by molar-refractivity contribution is -0.147. The molecule has 4 atom stereocenters.